The Bertz CT molecular complexity index is 1380. The Morgan fingerprint density at radius 1 is 0.648 bits per heavy atom. The first-order valence-corrected chi connectivity index (χ1v) is 21.3. The summed E-state index contributed by atoms with van der Waals surface area (Å²) in [5.74, 6) is 1.32. The molecule has 2 aromatic rings. The summed E-state index contributed by atoms with van der Waals surface area (Å²) in [6.45, 7) is 10.8. The van der Waals surface area contributed by atoms with Gasteiger partial charge in [-0.25, -0.2) is 19.9 Å². The van der Waals surface area contributed by atoms with Gasteiger partial charge in [0.1, 0.15) is 33.6 Å². The Hall–Kier alpha value is -2.70. The Kier molecular flexibility index (Phi) is 23.7. The van der Waals surface area contributed by atoms with Gasteiger partial charge in [0.25, 0.3) is 0 Å². The van der Waals surface area contributed by atoms with Crippen molar-refractivity contribution in [1.82, 2.24) is 40.4 Å². The fourth-order valence-corrected chi connectivity index (χ4v) is 8.77. The average molecular weight is 830 g/mol. The number of carbonyl (C=O) groups excluding carboxylic acids is 2. The number of aliphatic hydroxyl groups excluding tert-OH is 2. The van der Waals surface area contributed by atoms with Gasteiger partial charge in [0.15, 0.2) is 0 Å². The van der Waals surface area contributed by atoms with Crippen molar-refractivity contribution in [2.75, 3.05) is 50.9 Å². The second kappa shape index (κ2) is 27.0. The monoisotopic (exact) mass is 828 g/mol. The van der Waals surface area contributed by atoms with Crippen LogP contribution in [0.3, 0.4) is 0 Å². The first kappa shape index (κ1) is 47.5. The van der Waals surface area contributed by atoms with Gasteiger partial charge in [0, 0.05) is 34.4 Å². The number of aromatic nitrogens is 4. The number of unbranched alkanes of at least 4 members (excludes halogenated alkanes) is 6. The molecule has 0 fully saturated rings. The molecule has 0 aliphatic heterocycles. The van der Waals surface area contributed by atoms with Crippen LogP contribution < -0.4 is 22.1 Å². The van der Waals surface area contributed by atoms with Crippen molar-refractivity contribution < 1.29 is 19.8 Å². The van der Waals surface area contributed by atoms with Crippen molar-refractivity contribution in [3.63, 3.8) is 0 Å². The normalized spacial score (nSPS) is 12.4. The van der Waals surface area contributed by atoms with Crippen LogP contribution in [-0.2, 0) is 22.7 Å². The van der Waals surface area contributed by atoms with Gasteiger partial charge in [0.2, 0.25) is 12.8 Å². The number of hydrogen-bond donors (Lipinski definition) is 6. The van der Waals surface area contributed by atoms with Crippen molar-refractivity contribution in [1.29, 1.82) is 0 Å². The third-order valence-electron chi connectivity index (χ3n) is 8.60. The number of anilines is 2. The lowest BCUT2D eigenvalue weighted by Crippen LogP contribution is -2.24. The standard InChI is InChI=1S/C36H58Cl2N10O4S2/c1-25(47(23-51)21-29-33(37)43-27(3)45-35(29)39)31(13-17-41-15-9-5-7-11-19-49)53-54-32(14-18-42-16-10-6-8-12-20-50)26(2)48(24-52)22-30-34(38)44-28(4)46-36(30)40/h23-24,41-42,49-50H,5-22H2,1-4H3,(H2,39,43,45)(H2,40,44,46)/b31-25-,32-26-. The summed E-state index contributed by atoms with van der Waals surface area (Å²) in [6, 6.07) is 0. The van der Waals surface area contributed by atoms with E-state index in [-0.39, 0.29) is 48.2 Å². The number of aryl methyl sites for hydroxylation is 2. The van der Waals surface area contributed by atoms with Crippen molar-refractivity contribution in [2.45, 2.75) is 105 Å². The fourth-order valence-electron chi connectivity index (χ4n) is 5.34. The van der Waals surface area contributed by atoms with Crippen molar-refractivity contribution >= 4 is 69.2 Å². The number of hydrogen-bond acceptors (Lipinski definition) is 14. The molecular weight excluding hydrogens is 772 g/mol. The second-order valence-electron chi connectivity index (χ2n) is 12.8. The maximum Gasteiger partial charge on any atom is 0.214 e. The van der Waals surface area contributed by atoms with Gasteiger partial charge in [-0.1, -0.05) is 70.5 Å². The van der Waals surface area contributed by atoms with Crippen LogP contribution in [0.2, 0.25) is 10.3 Å². The number of nitrogens with zero attached hydrogens (tertiary/aromatic N) is 6. The molecule has 54 heavy (non-hydrogen) atoms. The van der Waals surface area contributed by atoms with Crippen molar-refractivity contribution in [3.8, 4) is 0 Å². The number of amides is 2. The van der Waals surface area contributed by atoms with Gasteiger partial charge in [0.05, 0.1) is 24.2 Å². The third kappa shape index (κ3) is 17.0. The second-order valence-corrected chi connectivity index (χ2v) is 15.8. The molecule has 18 heteroatoms. The number of halogens is 2. The summed E-state index contributed by atoms with van der Waals surface area (Å²) in [5, 5.41) is 25.6. The van der Waals surface area contributed by atoms with E-state index in [0.29, 0.717) is 48.7 Å². The molecule has 14 nitrogen and oxygen atoms in total. The first-order chi connectivity index (χ1) is 26.0. The molecule has 0 unspecified atom stereocenters. The number of nitrogens with two attached hydrogens (primary N) is 2. The summed E-state index contributed by atoms with van der Waals surface area (Å²) in [4.78, 5) is 47.1. The van der Waals surface area contributed by atoms with Gasteiger partial charge in [-0.05, 0) is 92.4 Å². The zero-order valence-corrected chi connectivity index (χ0v) is 35.1. The molecular formula is C36H58Cl2N10O4S2. The molecule has 0 spiro atoms. The van der Waals surface area contributed by atoms with Crippen LogP contribution in [0.15, 0.2) is 21.2 Å². The van der Waals surface area contributed by atoms with E-state index >= 15 is 0 Å². The number of carbonyl (C=O) groups is 2. The van der Waals surface area contributed by atoms with Crippen LogP contribution in [-0.4, -0.2) is 92.2 Å². The van der Waals surface area contributed by atoms with Crippen LogP contribution in [0.5, 0.6) is 0 Å². The van der Waals surface area contributed by atoms with E-state index in [1.807, 2.05) is 13.8 Å². The highest BCUT2D eigenvalue weighted by Crippen LogP contribution is 2.43. The zero-order chi connectivity index (χ0) is 39.9. The molecule has 2 amide bonds. The molecule has 0 aliphatic carbocycles. The lowest BCUT2D eigenvalue weighted by molar-refractivity contribution is -0.117. The summed E-state index contributed by atoms with van der Waals surface area (Å²) >= 11 is 12.9. The zero-order valence-electron chi connectivity index (χ0n) is 32.0. The third-order valence-corrected chi connectivity index (χ3v) is 12.2. The Labute approximate surface area is 338 Å². The maximum atomic E-state index is 12.6. The molecule has 2 heterocycles. The van der Waals surface area contributed by atoms with E-state index in [4.69, 9.17) is 44.9 Å². The number of allylic oxidation sites excluding steroid dienone is 2. The van der Waals surface area contributed by atoms with E-state index in [2.05, 4.69) is 30.6 Å². The van der Waals surface area contributed by atoms with E-state index < -0.39 is 0 Å². The summed E-state index contributed by atoms with van der Waals surface area (Å²) in [5.41, 5.74) is 14.8. The highest BCUT2D eigenvalue weighted by molar-refractivity contribution is 8.79. The molecule has 8 N–H and O–H groups in total. The largest absolute Gasteiger partial charge is 0.396 e. The Balaban J connectivity index is 2.40. The average Bonchev–Trinajstić information content (AvgIpc) is 3.13. The van der Waals surface area contributed by atoms with E-state index in [1.165, 1.54) is 21.6 Å². The summed E-state index contributed by atoms with van der Waals surface area (Å²) in [7, 11) is 3.06. The van der Waals surface area contributed by atoms with Crippen LogP contribution in [0.4, 0.5) is 11.6 Å². The molecule has 0 aliphatic rings. The smallest absolute Gasteiger partial charge is 0.214 e. The summed E-state index contributed by atoms with van der Waals surface area (Å²) in [6.07, 6.45) is 10.4. The molecule has 0 radical (unpaired) electrons. The van der Waals surface area contributed by atoms with E-state index in [9.17, 15) is 9.59 Å². The minimum atomic E-state index is 0.0942. The van der Waals surface area contributed by atoms with Crippen LogP contribution in [0.1, 0.15) is 101 Å². The van der Waals surface area contributed by atoms with Gasteiger partial charge in [-0.2, -0.15) is 0 Å². The van der Waals surface area contributed by atoms with E-state index in [0.717, 1.165) is 98.5 Å². The topological polar surface area (TPSA) is 209 Å². The predicted octanol–water partition coefficient (Wildman–Crippen LogP) is 5.88. The maximum absolute atomic E-state index is 12.6. The molecule has 0 saturated heterocycles. The fraction of sp³-hybridized carbons (Fsp3) is 0.611. The SMILES string of the molecule is C/C(=C(\CCNCCCCCCO)SS/C(CCNCCCCCCO)=C(/C)N(C=O)Cc1c(N)nc(C)nc1Cl)N(C=O)Cc1c(N)nc(C)nc1Cl. The van der Waals surface area contributed by atoms with Crippen LogP contribution >= 0.6 is 44.8 Å². The Morgan fingerprint density at radius 2 is 1.02 bits per heavy atom. The number of nitrogens with one attached hydrogen (secondary N) is 2. The van der Waals surface area contributed by atoms with Gasteiger partial charge >= 0.3 is 0 Å². The molecule has 0 aromatic carbocycles. The number of rotatable bonds is 29. The van der Waals surface area contributed by atoms with Crippen molar-refractivity contribution in [3.05, 3.63) is 54.3 Å². The Morgan fingerprint density at radius 3 is 1.35 bits per heavy atom. The van der Waals surface area contributed by atoms with Gasteiger partial charge < -0.3 is 42.1 Å². The number of nitrogen functional groups attached to an aromatic ring is 2. The lowest BCUT2D eigenvalue weighted by atomic mass is 10.2. The molecule has 0 atom stereocenters. The minimum absolute atomic E-state index is 0.0942. The quantitative estimate of drug-likeness (QED) is 0.0245. The molecule has 0 bridgehead atoms. The molecule has 0 saturated carbocycles. The van der Waals surface area contributed by atoms with Crippen molar-refractivity contribution in [2.24, 2.45) is 0 Å². The predicted molar refractivity (Wildman–Crippen MR) is 222 cm³/mol. The first-order valence-electron chi connectivity index (χ1n) is 18.3. The minimum Gasteiger partial charge on any atom is -0.396 e. The lowest BCUT2D eigenvalue weighted by Gasteiger charge is -2.25. The highest BCUT2D eigenvalue weighted by Gasteiger charge is 2.20. The molecule has 2 aromatic heterocycles. The van der Waals surface area contributed by atoms with Gasteiger partial charge in [-0.3, -0.25) is 9.59 Å². The highest BCUT2D eigenvalue weighted by atomic mass is 35.5. The molecule has 2 rings (SSSR count). The van der Waals surface area contributed by atoms with Crippen LogP contribution in [0.25, 0.3) is 0 Å². The summed E-state index contributed by atoms with van der Waals surface area (Å²) < 4.78 is 0. The molecule has 302 valence electrons. The number of aliphatic hydroxyl groups is 2. The van der Waals surface area contributed by atoms with Gasteiger partial charge in [-0.15, -0.1) is 0 Å². The van der Waals surface area contributed by atoms with Crippen LogP contribution in [0, 0.1) is 13.8 Å². The van der Waals surface area contributed by atoms with E-state index in [1.54, 1.807) is 23.6 Å².